The summed E-state index contributed by atoms with van der Waals surface area (Å²) in [5, 5.41) is 0. The van der Waals surface area contributed by atoms with Crippen LogP contribution in [0.25, 0.3) is 0 Å². The van der Waals surface area contributed by atoms with Gasteiger partial charge >= 0.3 is 0 Å². The molecule has 0 aliphatic carbocycles. The normalized spacial score (nSPS) is 23.0. The lowest BCUT2D eigenvalue weighted by Gasteiger charge is -2.48. The molecule has 0 aromatic heterocycles. The number of fused-ring (bicyclic) bond motifs is 1. The summed E-state index contributed by atoms with van der Waals surface area (Å²) in [4.78, 5) is 17.6. The molecule has 4 rings (SSSR count). The minimum atomic E-state index is 0.0389. The van der Waals surface area contributed by atoms with Crippen LogP contribution in [-0.2, 0) is 4.74 Å². The van der Waals surface area contributed by atoms with Crippen molar-refractivity contribution < 1.29 is 14.3 Å². The third kappa shape index (κ3) is 3.57. The molecule has 2 saturated heterocycles. The first-order chi connectivity index (χ1) is 13.2. The van der Waals surface area contributed by atoms with Crippen molar-refractivity contribution in [3.63, 3.8) is 0 Å². The van der Waals surface area contributed by atoms with Crippen molar-refractivity contribution in [1.82, 2.24) is 9.80 Å². The predicted molar refractivity (Wildman–Crippen MR) is 104 cm³/mol. The van der Waals surface area contributed by atoms with Gasteiger partial charge in [-0.05, 0) is 24.6 Å². The van der Waals surface area contributed by atoms with Crippen LogP contribution in [-0.4, -0.2) is 61.7 Å². The molecule has 0 saturated carbocycles. The number of hydrogen-bond acceptors (Lipinski definition) is 4. The molecule has 0 bridgehead atoms. The second-order valence-electron chi connectivity index (χ2n) is 7.31. The number of hydrogen-bond donors (Lipinski definition) is 0. The first kappa shape index (κ1) is 18.0. The van der Waals surface area contributed by atoms with Crippen LogP contribution < -0.4 is 4.74 Å². The Bertz CT molecular complexity index is 808. The third-order valence-corrected chi connectivity index (χ3v) is 5.57. The van der Waals surface area contributed by atoms with Gasteiger partial charge in [0.2, 0.25) is 0 Å². The molecule has 0 radical (unpaired) electrons. The molecule has 2 aromatic carbocycles. The summed E-state index contributed by atoms with van der Waals surface area (Å²) in [7, 11) is 1.61. The highest BCUT2D eigenvalue weighted by Crippen LogP contribution is 2.30. The topological polar surface area (TPSA) is 42.0 Å². The van der Waals surface area contributed by atoms with Gasteiger partial charge in [-0.3, -0.25) is 9.69 Å². The monoisotopic (exact) mass is 366 g/mol. The molecular weight excluding hydrogens is 340 g/mol. The van der Waals surface area contributed by atoms with Gasteiger partial charge in [0.25, 0.3) is 5.91 Å². The summed E-state index contributed by atoms with van der Waals surface area (Å²) in [6, 6.07) is 16.7. The van der Waals surface area contributed by atoms with Gasteiger partial charge in [0, 0.05) is 19.6 Å². The number of carbonyl (C=O) groups excluding carboxylic acids is 1. The van der Waals surface area contributed by atoms with Gasteiger partial charge in [-0.25, -0.2) is 0 Å². The van der Waals surface area contributed by atoms with Crippen molar-refractivity contribution in [2.24, 2.45) is 0 Å². The maximum absolute atomic E-state index is 13.1. The highest BCUT2D eigenvalue weighted by Gasteiger charge is 2.38. The van der Waals surface area contributed by atoms with Gasteiger partial charge in [0.15, 0.2) is 0 Å². The van der Waals surface area contributed by atoms with Crippen LogP contribution in [0.4, 0.5) is 0 Å². The minimum absolute atomic E-state index is 0.0389. The predicted octanol–water partition coefficient (Wildman–Crippen LogP) is 2.90. The summed E-state index contributed by atoms with van der Waals surface area (Å²) in [5.74, 6) is 0.673. The quantitative estimate of drug-likeness (QED) is 0.838. The van der Waals surface area contributed by atoms with E-state index in [2.05, 4.69) is 29.2 Å². The van der Waals surface area contributed by atoms with E-state index in [1.807, 2.05) is 36.1 Å². The number of carbonyl (C=O) groups is 1. The lowest BCUT2D eigenvalue weighted by atomic mass is 9.99. The molecule has 5 nitrogen and oxygen atoms in total. The van der Waals surface area contributed by atoms with Gasteiger partial charge < -0.3 is 14.4 Å². The number of morpholine rings is 1. The lowest BCUT2D eigenvalue weighted by molar-refractivity contribution is -0.0770. The van der Waals surface area contributed by atoms with Crippen molar-refractivity contribution in [3.05, 3.63) is 65.2 Å². The van der Waals surface area contributed by atoms with Gasteiger partial charge in [-0.2, -0.15) is 0 Å². The molecule has 2 fully saturated rings. The Kier molecular flexibility index (Phi) is 5.14. The van der Waals surface area contributed by atoms with E-state index in [0.717, 1.165) is 18.7 Å². The number of methoxy groups -OCH3 is 1. The van der Waals surface area contributed by atoms with Crippen LogP contribution >= 0.6 is 0 Å². The second kappa shape index (κ2) is 7.71. The number of amides is 1. The Hall–Kier alpha value is -2.37. The van der Waals surface area contributed by atoms with Crippen molar-refractivity contribution in [1.29, 1.82) is 0 Å². The second-order valence-corrected chi connectivity index (χ2v) is 7.31. The average molecular weight is 366 g/mol. The maximum atomic E-state index is 13.1. The van der Waals surface area contributed by atoms with Crippen molar-refractivity contribution >= 4 is 5.91 Å². The van der Waals surface area contributed by atoms with Crippen molar-refractivity contribution in [3.8, 4) is 5.75 Å². The molecule has 2 aliphatic heterocycles. The van der Waals surface area contributed by atoms with Crippen molar-refractivity contribution in [2.45, 2.75) is 19.0 Å². The van der Waals surface area contributed by atoms with Crippen LogP contribution in [0, 0.1) is 6.92 Å². The molecule has 2 heterocycles. The molecule has 142 valence electrons. The lowest BCUT2D eigenvalue weighted by Crippen LogP contribution is -2.60. The number of piperazine rings is 1. The zero-order valence-corrected chi connectivity index (χ0v) is 15.9. The zero-order chi connectivity index (χ0) is 18.8. The number of benzene rings is 2. The van der Waals surface area contributed by atoms with E-state index in [4.69, 9.17) is 9.47 Å². The van der Waals surface area contributed by atoms with E-state index >= 15 is 0 Å². The van der Waals surface area contributed by atoms with Crippen LogP contribution in [0.15, 0.2) is 48.5 Å². The fourth-order valence-electron chi connectivity index (χ4n) is 4.15. The van der Waals surface area contributed by atoms with E-state index in [-0.39, 0.29) is 18.0 Å². The largest absolute Gasteiger partial charge is 0.496 e. The van der Waals surface area contributed by atoms with Crippen LogP contribution in [0.1, 0.15) is 27.5 Å². The van der Waals surface area contributed by atoms with E-state index < -0.39 is 0 Å². The van der Waals surface area contributed by atoms with E-state index in [1.165, 1.54) is 5.56 Å². The Morgan fingerprint density at radius 3 is 2.70 bits per heavy atom. The summed E-state index contributed by atoms with van der Waals surface area (Å²) < 4.78 is 11.3. The van der Waals surface area contributed by atoms with E-state index in [9.17, 15) is 4.79 Å². The van der Waals surface area contributed by atoms with Crippen LogP contribution in [0.3, 0.4) is 0 Å². The minimum Gasteiger partial charge on any atom is -0.496 e. The molecular formula is C22H26N2O3. The Morgan fingerprint density at radius 2 is 1.93 bits per heavy atom. The summed E-state index contributed by atoms with van der Waals surface area (Å²) >= 11 is 0. The molecule has 2 aromatic rings. The van der Waals surface area contributed by atoms with Gasteiger partial charge in [0.05, 0.1) is 38.0 Å². The smallest absolute Gasteiger partial charge is 0.257 e. The number of ether oxygens (including phenoxy) is 2. The molecule has 0 spiro atoms. The molecule has 5 heteroatoms. The van der Waals surface area contributed by atoms with E-state index in [0.29, 0.717) is 31.1 Å². The highest BCUT2D eigenvalue weighted by molar-refractivity contribution is 5.97. The maximum Gasteiger partial charge on any atom is 0.257 e. The molecule has 1 amide bonds. The van der Waals surface area contributed by atoms with Gasteiger partial charge in [-0.1, -0.05) is 42.0 Å². The van der Waals surface area contributed by atoms with Crippen molar-refractivity contribution in [2.75, 3.05) is 40.0 Å². The Morgan fingerprint density at radius 1 is 1.11 bits per heavy atom. The molecule has 2 aliphatic rings. The summed E-state index contributed by atoms with van der Waals surface area (Å²) in [6.45, 7) is 5.62. The number of aryl methyl sites for hydroxylation is 1. The Balaban J connectivity index is 1.52. The molecule has 0 unspecified atom stereocenters. The summed E-state index contributed by atoms with van der Waals surface area (Å²) in [5.41, 5.74) is 2.98. The molecule has 27 heavy (non-hydrogen) atoms. The summed E-state index contributed by atoms with van der Waals surface area (Å²) in [6.07, 6.45) is 0. The molecule has 2 atom stereocenters. The third-order valence-electron chi connectivity index (χ3n) is 5.57. The van der Waals surface area contributed by atoms with Gasteiger partial charge in [-0.15, -0.1) is 0 Å². The van der Waals surface area contributed by atoms with Gasteiger partial charge in [0.1, 0.15) is 5.75 Å². The van der Waals surface area contributed by atoms with Crippen LogP contribution in [0.5, 0.6) is 5.75 Å². The standard InChI is InChI=1S/C22H26N2O3/c1-16-8-9-21(26-2)19(12-16)22(25)23-10-11-24-18(13-23)14-27-15-20(24)17-6-4-3-5-7-17/h3-9,12,18,20H,10-11,13-15H2,1-2H3/t18-,20-/m1/s1. The zero-order valence-electron chi connectivity index (χ0n) is 15.9. The average Bonchev–Trinajstić information content (AvgIpc) is 2.73. The fraction of sp³-hybridized carbons (Fsp3) is 0.409. The Labute approximate surface area is 160 Å². The highest BCUT2D eigenvalue weighted by atomic mass is 16.5. The number of nitrogens with zero attached hydrogens (tertiary/aromatic N) is 2. The van der Waals surface area contributed by atoms with Crippen LogP contribution in [0.2, 0.25) is 0 Å². The van der Waals surface area contributed by atoms with E-state index in [1.54, 1.807) is 7.11 Å². The first-order valence-electron chi connectivity index (χ1n) is 9.49. The fourth-order valence-corrected chi connectivity index (χ4v) is 4.15. The number of rotatable bonds is 3. The molecule has 0 N–H and O–H groups in total. The first-order valence-corrected chi connectivity index (χ1v) is 9.49. The SMILES string of the molecule is COc1ccc(C)cc1C(=O)N1CCN2[C@@H](COC[C@@H]2c2ccccc2)C1.